The standard InChI is InChI=1S/C32H40ClFN2O9S/c1-6-43-27-11-10-21(44-15-30(41)45-19(4)5)12-20(27)13-28(38)36-31(18(2)3)32(42)35-25(14-29(39)40)26(37)17-46-16-22-23(33)8-7-9-24(22)34/h7-12,18-19,25,31H,6,13-17H2,1-5H3,(H,35,42)(H,36,38)(H,39,40). The van der Waals surface area contributed by atoms with Crippen LogP contribution in [0.2, 0.25) is 5.02 Å². The number of aliphatic carboxylic acids is 1. The van der Waals surface area contributed by atoms with Crippen LogP contribution in [0.3, 0.4) is 0 Å². The number of carboxylic acids is 1. The minimum atomic E-state index is -1.38. The molecule has 0 fully saturated rings. The number of nitrogens with one attached hydrogen (secondary N) is 2. The van der Waals surface area contributed by atoms with Gasteiger partial charge in [0.05, 0.1) is 37.3 Å². The summed E-state index contributed by atoms with van der Waals surface area (Å²) in [6, 6.07) is 6.46. The van der Waals surface area contributed by atoms with E-state index in [1.165, 1.54) is 18.2 Å². The highest BCUT2D eigenvalue weighted by Crippen LogP contribution is 2.26. The Kier molecular flexibility index (Phi) is 15.8. The number of esters is 1. The molecule has 0 saturated heterocycles. The molecule has 3 N–H and O–H groups in total. The number of amides is 2. The molecule has 14 heteroatoms. The van der Waals surface area contributed by atoms with Gasteiger partial charge in [0.25, 0.3) is 0 Å². The summed E-state index contributed by atoms with van der Waals surface area (Å²) < 4.78 is 30.3. The van der Waals surface area contributed by atoms with Gasteiger partial charge in [0, 0.05) is 21.9 Å². The number of ether oxygens (including phenoxy) is 3. The summed E-state index contributed by atoms with van der Waals surface area (Å²) in [6.07, 6.45) is -1.20. The lowest BCUT2D eigenvalue weighted by Gasteiger charge is -2.25. The predicted molar refractivity (Wildman–Crippen MR) is 172 cm³/mol. The number of carbonyl (C=O) groups is 5. The Balaban J connectivity index is 2.10. The molecular formula is C32H40ClFN2O9S. The summed E-state index contributed by atoms with van der Waals surface area (Å²) in [5, 5.41) is 14.7. The van der Waals surface area contributed by atoms with Crippen LogP contribution < -0.4 is 20.1 Å². The number of hydrogen-bond donors (Lipinski definition) is 3. The molecule has 0 saturated carbocycles. The average molecular weight is 683 g/mol. The second kappa shape index (κ2) is 19.0. The first-order chi connectivity index (χ1) is 21.7. The summed E-state index contributed by atoms with van der Waals surface area (Å²) >= 11 is 7.07. The first-order valence-corrected chi connectivity index (χ1v) is 16.2. The molecule has 2 rings (SSSR count). The number of halogens is 2. The molecular weight excluding hydrogens is 643 g/mol. The Morgan fingerprint density at radius 1 is 1.02 bits per heavy atom. The van der Waals surface area contributed by atoms with Gasteiger partial charge in [-0.2, -0.15) is 0 Å². The molecule has 46 heavy (non-hydrogen) atoms. The summed E-state index contributed by atoms with van der Waals surface area (Å²) in [4.78, 5) is 62.7. The van der Waals surface area contributed by atoms with Crippen LogP contribution in [0.15, 0.2) is 36.4 Å². The lowest BCUT2D eigenvalue weighted by molar-refractivity contribution is -0.149. The summed E-state index contributed by atoms with van der Waals surface area (Å²) in [5.41, 5.74) is 0.643. The normalized spacial score (nSPS) is 12.3. The maximum atomic E-state index is 14.1. The van der Waals surface area contributed by atoms with Crippen molar-refractivity contribution in [2.75, 3.05) is 19.0 Å². The zero-order chi connectivity index (χ0) is 34.4. The highest BCUT2D eigenvalue weighted by Gasteiger charge is 2.30. The van der Waals surface area contributed by atoms with Gasteiger partial charge < -0.3 is 30.0 Å². The van der Waals surface area contributed by atoms with Gasteiger partial charge in [-0.3, -0.25) is 19.2 Å². The minimum Gasteiger partial charge on any atom is -0.494 e. The van der Waals surface area contributed by atoms with Crippen molar-refractivity contribution in [2.45, 2.75) is 71.4 Å². The van der Waals surface area contributed by atoms with E-state index in [2.05, 4.69) is 10.6 Å². The van der Waals surface area contributed by atoms with Crippen LogP contribution in [0, 0.1) is 11.7 Å². The van der Waals surface area contributed by atoms with Crippen LogP contribution in [0.5, 0.6) is 11.5 Å². The second-order valence-corrected chi connectivity index (χ2v) is 12.2. The van der Waals surface area contributed by atoms with Crippen molar-refractivity contribution in [3.63, 3.8) is 0 Å². The SMILES string of the molecule is CCOc1ccc(OCC(=O)OC(C)C)cc1CC(=O)NC(C(=O)NC(CC(=O)O)C(=O)CSCc1c(F)cccc1Cl)C(C)C. The topological polar surface area (TPSA) is 157 Å². The number of carbonyl (C=O) groups excluding carboxylic acids is 4. The van der Waals surface area contributed by atoms with Crippen LogP contribution >= 0.6 is 23.4 Å². The van der Waals surface area contributed by atoms with Crippen molar-refractivity contribution < 1.29 is 47.7 Å². The summed E-state index contributed by atoms with van der Waals surface area (Å²) in [7, 11) is 0. The molecule has 2 unspecified atom stereocenters. The fraction of sp³-hybridized carbons (Fsp3) is 0.469. The van der Waals surface area contributed by atoms with Crippen LogP contribution in [-0.4, -0.2) is 71.8 Å². The number of thioether (sulfide) groups is 1. The summed E-state index contributed by atoms with van der Waals surface area (Å²) in [6.45, 7) is 8.55. The van der Waals surface area contributed by atoms with E-state index < -0.39 is 59.8 Å². The molecule has 0 aliphatic rings. The van der Waals surface area contributed by atoms with Crippen molar-refractivity contribution in [1.82, 2.24) is 10.6 Å². The van der Waals surface area contributed by atoms with Crippen molar-refractivity contribution in [2.24, 2.45) is 5.92 Å². The largest absolute Gasteiger partial charge is 0.494 e. The number of benzene rings is 2. The maximum Gasteiger partial charge on any atom is 0.344 e. The molecule has 2 atom stereocenters. The number of carboxylic acid groups (broad SMARTS) is 1. The van der Waals surface area contributed by atoms with Gasteiger partial charge in [-0.25, -0.2) is 9.18 Å². The lowest BCUT2D eigenvalue weighted by atomic mass is 10.0. The minimum absolute atomic E-state index is 0.0632. The molecule has 0 radical (unpaired) electrons. The van der Waals surface area contributed by atoms with Gasteiger partial charge in [0.2, 0.25) is 11.8 Å². The van der Waals surface area contributed by atoms with Gasteiger partial charge in [-0.1, -0.05) is 31.5 Å². The van der Waals surface area contributed by atoms with Crippen molar-refractivity contribution in [3.8, 4) is 11.5 Å². The maximum absolute atomic E-state index is 14.1. The molecule has 0 heterocycles. The van der Waals surface area contributed by atoms with Gasteiger partial charge >= 0.3 is 11.9 Å². The molecule has 2 amide bonds. The van der Waals surface area contributed by atoms with Gasteiger partial charge in [-0.05, 0) is 57.0 Å². The van der Waals surface area contributed by atoms with Gasteiger partial charge in [-0.15, -0.1) is 11.8 Å². The van der Waals surface area contributed by atoms with Crippen LogP contribution in [-0.2, 0) is 40.9 Å². The Morgan fingerprint density at radius 2 is 1.74 bits per heavy atom. The zero-order valence-electron chi connectivity index (χ0n) is 26.4. The smallest absolute Gasteiger partial charge is 0.344 e. The van der Waals surface area contributed by atoms with E-state index in [0.717, 1.165) is 11.8 Å². The van der Waals surface area contributed by atoms with Crippen molar-refractivity contribution in [1.29, 1.82) is 0 Å². The van der Waals surface area contributed by atoms with E-state index in [-0.39, 0.29) is 41.2 Å². The van der Waals surface area contributed by atoms with E-state index in [1.807, 2.05) is 0 Å². The first-order valence-electron chi connectivity index (χ1n) is 14.6. The molecule has 0 spiro atoms. The first kappa shape index (κ1) is 38.3. The van der Waals surface area contributed by atoms with Gasteiger partial charge in [0.15, 0.2) is 12.4 Å². The molecule has 0 aliphatic carbocycles. The van der Waals surface area contributed by atoms with E-state index in [0.29, 0.717) is 23.7 Å². The number of rotatable bonds is 19. The zero-order valence-corrected chi connectivity index (χ0v) is 28.0. The summed E-state index contributed by atoms with van der Waals surface area (Å²) in [5.74, 6) is -4.15. The highest BCUT2D eigenvalue weighted by atomic mass is 35.5. The van der Waals surface area contributed by atoms with Crippen LogP contribution in [0.4, 0.5) is 4.39 Å². The van der Waals surface area contributed by atoms with Crippen molar-refractivity contribution in [3.05, 3.63) is 58.4 Å². The average Bonchev–Trinajstić information content (AvgIpc) is 2.96. The van der Waals surface area contributed by atoms with Crippen molar-refractivity contribution >= 4 is 52.9 Å². The molecule has 11 nitrogen and oxygen atoms in total. The number of hydrogen-bond acceptors (Lipinski definition) is 9. The van der Waals surface area contributed by atoms with E-state index in [4.69, 9.17) is 25.8 Å². The van der Waals surface area contributed by atoms with E-state index >= 15 is 0 Å². The Labute approximate surface area is 276 Å². The Hall–Kier alpha value is -3.84. The van der Waals surface area contributed by atoms with E-state index in [9.17, 15) is 33.5 Å². The molecule has 0 aliphatic heterocycles. The quantitative estimate of drug-likeness (QED) is 0.182. The third kappa shape index (κ3) is 12.9. The monoisotopic (exact) mass is 682 g/mol. The molecule has 2 aromatic carbocycles. The van der Waals surface area contributed by atoms with Gasteiger partial charge in [0.1, 0.15) is 23.4 Å². The lowest BCUT2D eigenvalue weighted by Crippen LogP contribution is -2.54. The number of ketones is 1. The fourth-order valence-corrected chi connectivity index (χ4v) is 5.47. The fourth-order valence-electron chi connectivity index (χ4n) is 4.16. The predicted octanol–water partition coefficient (Wildman–Crippen LogP) is 4.35. The Bertz CT molecular complexity index is 1370. The third-order valence-corrected chi connectivity index (χ3v) is 7.64. The second-order valence-electron chi connectivity index (χ2n) is 10.8. The Morgan fingerprint density at radius 3 is 2.35 bits per heavy atom. The molecule has 0 bridgehead atoms. The van der Waals surface area contributed by atoms with E-state index in [1.54, 1.807) is 52.8 Å². The third-order valence-electron chi connectivity index (χ3n) is 6.31. The van der Waals surface area contributed by atoms with Crippen LogP contribution in [0.25, 0.3) is 0 Å². The molecule has 252 valence electrons. The molecule has 2 aromatic rings. The molecule has 0 aromatic heterocycles. The number of Topliss-reactive ketones (excluding diaryl/α,β-unsaturated/α-hetero) is 1. The van der Waals surface area contributed by atoms with Crippen LogP contribution in [0.1, 0.15) is 52.2 Å². The highest BCUT2D eigenvalue weighted by molar-refractivity contribution is 7.99.